The normalized spacial score (nSPS) is 24.3. The summed E-state index contributed by atoms with van der Waals surface area (Å²) in [5.41, 5.74) is -0.0189. The lowest BCUT2D eigenvalue weighted by Crippen LogP contribution is -2.51. The van der Waals surface area contributed by atoms with Crippen molar-refractivity contribution in [3.05, 3.63) is 0 Å². The summed E-state index contributed by atoms with van der Waals surface area (Å²) in [6, 6.07) is 0. The van der Waals surface area contributed by atoms with Crippen molar-refractivity contribution in [2.24, 2.45) is 4.99 Å². The van der Waals surface area contributed by atoms with E-state index >= 15 is 0 Å². The highest BCUT2D eigenvalue weighted by Crippen LogP contribution is 2.01. The second-order valence-electron chi connectivity index (χ2n) is 4.04. The molecule has 1 heterocycles. The SMILES string of the molecule is CC(C)(C)NC1=NCC(F)CN1. The zero-order valence-electron chi connectivity index (χ0n) is 7.82. The van der Waals surface area contributed by atoms with Crippen molar-refractivity contribution in [2.75, 3.05) is 13.1 Å². The van der Waals surface area contributed by atoms with Crippen molar-refractivity contribution in [3.8, 4) is 0 Å². The van der Waals surface area contributed by atoms with E-state index in [4.69, 9.17) is 0 Å². The van der Waals surface area contributed by atoms with Gasteiger partial charge >= 0.3 is 0 Å². The average Bonchev–Trinajstić information content (AvgIpc) is 1.91. The first-order chi connectivity index (χ1) is 5.47. The smallest absolute Gasteiger partial charge is 0.191 e. The zero-order valence-corrected chi connectivity index (χ0v) is 7.82. The van der Waals surface area contributed by atoms with Crippen LogP contribution < -0.4 is 10.6 Å². The van der Waals surface area contributed by atoms with E-state index in [1.165, 1.54) is 0 Å². The molecule has 0 aromatic heterocycles. The van der Waals surface area contributed by atoms with Gasteiger partial charge in [0, 0.05) is 5.54 Å². The van der Waals surface area contributed by atoms with Gasteiger partial charge < -0.3 is 10.6 Å². The van der Waals surface area contributed by atoms with Gasteiger partial charge in [-0.15, -0.1) is 0 Å². The average molecular weight is 173 g/mol. The van der Waals surface area contributed by atoms with E-state index in [0.717, 1.165) is 0 Å². The maximum atomic E-state index is 12.6. The van der Waals surface area contributed by atoms with Crippen LogP contribution in [-0.4, -0.2) is 30.8 Å². The van der Waals surface area contributed by atoms with Gasteiger partial charge in [-0.3, -0.25) is 4.99 Å². The Bertz CT molecular complexity index is 183. The van der Waals surface area contributed by atoms with Crippen LogP contribution in [0.25, 0.3) is 0 Å². The summed E-state index contributed by atoms with van der Waals surface area (Å²) in [6.45, 7) is 6.75. The summed E-state index contributed by atoms with van der Waals surface area (Å²) in [5.74, 6) is 0.705. The van der Waals surface area contributed by atoms with E-state index in [-0.39, 0.29) is 12.1 Å². The monoisotopic (exact) mass is 173 g/mol. The van der Waals surface area contributed by atoms with Gasteiger partial charge in [-0.2, -0.15) is 0 Å². The number of nitrogens with zero attached hydrogens (tertiary/aromatic N) is 1. The molecular weight excluding hydrogens is 157 g/mol. The van der Waals surface area contributed by atoms with Gasteiger partial charge in [0.25, 0.3) is 0 Å². The first kappa shape index (κ1) is 9.29. The van der Waals surface area contributed by atoms with E-state index < -0.39 is 6.17 Å². The maximum absolute atomic E-state index is 12.6. The molecule has 3 nitrogen and oxygen atoms in total. The van der Waals surface area contributed by atoms with Crippen LogP contribution in [-0.2, 0) is 0 Å². The summed E-state index contributed by atoms with van der Waals surface area (Å²) < 4.78 is 12.6. The lowest BCUT2D eigenvalue weighted by Gasteiger charge is -2.26. The van der Waals surface area contributed by atoms with Crippen molar-refractivity contribution in [2.45, 2.75) is 32.5 Å². The highest BCUT2D eigenvalue weighted by atomic mass is 19.1. The van der Waals surface area contributed by atoms with Gasteiger partial charge in [-0.25, -0.2) is 4.39 Å². The minimum absolute atomic E-state index is 0.0189. The molecule has 2 N–H and O–H groups in total. The molecule has 4 heteroatoms. The molecular formula is C8H16FN3. The third-order valence-electron chi connectivity index (χ3n) is 1.43. The minimum atomic E-state index is -0.837. The van der Waals surface area contributed by atoms with Gasteiger partial charge in [0.2, 0.25) is 0 Å². The molecule has 1 unspecified atom stereocenters. The molecule has 12 heavy (non-hydrogen) atoms. The molecule has 0 spiro atoms. The van der Waals surface area contributed by atoms with Crippen LogP contribution in [0.1, 0.15) is 20.8 Å². The quantitative estimate of drug-likeness (QED) is 0.565. The zero-order chi connectivity index (χ0) is 9.19. The van der Waals surface area contributed by atoms with Crippen molar-refractivity contribution in [1.82, 2.24) is 10.6 Å². The topological polar surface area (TPSA) is 36.4 Å². The Labute approximate surface area is 72.4 Å². The van der Waals surface area contributed by atoms with E-state index in [0.29, 0.717) is 12.5 Å². The Morgan fingerprint density at radius 3 is 2.67 bits per heavy atom. The van der Waals surface area contributed by atoms with Crippen LogP contribution in [0, 0.1) is 0 Å². The first-order valence-electron chi connectivity index (χ1n) is 4.18. The van der Waals surface area contributed by atoms with Crippen molar-refractivity contribution >= 4 is 5.96 Å². The van der Waals surface area contributed by atoms with Crippen LogP contribution in [0.15, 0.2) is 4.99 Å². The molecule has 0 saturated heterocycles. The highest BCUT2D eigenvalue weighted by molar-refractivity contribution is 5.81. The molecule has 0 aliphatic carbocycles. The molecule has 1 atom stereocenters. The van der Waals surface area contributed by atoms with Gasteiger partial charge in [-0.1, -0.05) is 0 Å². The molecule has 1 aliphatic heterocycles. The van der Waals surface area contributed by atoms with Gasteiger partial charge in [-0.05, 0) is 20.8 Å². The summed E-state index contributed by atoms with van der Waals surface area (Å²) in [6.07, 6.45) is -0.837. The van der Waals surface area contributed by atoms with E-state index in [1.807, 2.05) is 20.8 Å². The second kappa shape index (κ2) is 3.29. The summed E-state index contributed by atoms with van der Waals surface area (Å²) >= 11 is 0. The Balaban J connectivity index is 2.44. The lowest BCUT2D eigenvalue weighted by atomic mass is 10.1. The standard InChI is InChI=1S/C8H16FN3/c1-8(2,3)12-7-10-4-6(9)5-11-7/h6H,4-5H2,1-3H3,(H2,10,11,12). The number of alkyl halides is 1. The summed E-state index contributed by atoms with van der Waals surface area (Å²) in [7, 11) is 0. The lowest BCUT2D eigenvalue weighted by molar-refractivity contribution is 0.327. The van der Waals surface area contributed by atoms with Gasteiger partial charge in [0.1, 0.15) is 6.17 Å². The van der Waals surface area contributed by atoms with Crippen molar-refractivity contribution < 1.29 is 4.39 Å². The fourth-order valence-corrected chi connectivity index (χ4v) is 0.957. The highest BCUT2D eigenvalue weighted by Gasteiger charge is 2.17. The Hall–Kier alpha value is -0.800. The Kier molecular flexibility index (Phi) is 2.55. The number of nitrogens with one attached hydrogen (secondary N) is 2. The molecule has 0 radical (unpaired) electrons. The summed E-state index contributed by atoms with van der Waals surface area (Å²) in [5, 5.41) is 6.04. The Morgan fingerprint density at radius 2 is 2.25 bits per heavy atom. The molecule has 0 saturated carbocycles. The fourth-order valence-electron chi connectivity index (χ4n) is 0.957. The number of halogens is 1. The van der Waals surface area contributed by atoms with E-state index in [1.54, 1.807) is 0 Å². The number of hydrogen-bond acceptors (Lipinski definition) is 3. The van der Waals surface area contributed by atoms with Crippen LogP contribution >= 0.6 is 0 Å². The summed E-state index contributed by atoms with van der Waals surface area (Å²) in [4.78, 5) is 4.02. The van der Waals surface area contributed by atoms with Crippen molar-refractivity contribution in [3.63, 3.8) is 0 Å². The molecule has 1 aliphatic rings. The predicted molar refractivity (Wildman–Crippen MR) is 48.1 cm³/mol. The fraction of sp³-hybridized carbons (Fsp3) is 0.875. The number of aliphatic imine (C=N–C) groups is 1. The van der Waals surface area contributed by atoms with Gasteiger partial charge in [0.15, 0.2) is 5.96 Å². The van der Waals surface area contributed by atoms with E-state index in [2.05, 4.69) is 15.6 Å². The van der Waals surface area contributed by atoms with Crippen LogP contribution in [0.5, 0.6) is 0 Å². The third kappa shape index (κ3) is 3.07. The molecule has 0 amide bonds. The molecule has 1 rings (SSSR count). The third-order valence-corrected chi connectivity index (χ3v) is 1.43. The predicted octanol–water partition coefficient (Wildman–Crippen LogP) is 0.672. The van der Waals surface area contributed by atoms with Crippen molar-refractivity contribution in [1.29, 1.82) is 0 Å². The molecule has 0 aromatic carbocycles. The van der Waals surface area contributed by atoms with Crippen LogP contribution in [0.2, 0.25) is 0 Å². The second-order valence-corrected chi connectivity index (χ2v) is 4.04. The van der Waals surface area contributed by atoms with Crippen LogP contribution in [0.4, 0.5) is 4.39 Å². The molecule has 0 aromatic rings. The Morgan fingerprint density at radius 1 is 1.58 bits per heavy atom. The maximum Gasteiger partial charge on any atom is 0.191 e. The largest absolute Gasteiger partial charge is 0.353 e. The first-order valence-corrected chi connectivity index (χ1v) is 4.18. The van der Waals surface area contributed by atoms with Gasteiger partial charge in [0.05, 0.1) is 13.1 Å². The van der Waals surface area contributed by atoms with Crippen LogP contribution in [0.3, 0.4) is 0 Å². The number of guanidine groups is 1. The molecule has 0 bridgehead atoms. The molecule has 0 fully saturated rings. The number of hydrogen-bond donors (Lipinski definition) is 2. The number of rotatable bonds is 0. The molecule has 70 valence electrons. The minimum Gasteiger partial charge on any atom is -0.353 e. The van der Waals surface area contributed by atoms with E-state index in [9.17, 15) is 4.39 Å².